The van der Waals surface area contributed by atoms with Crippen molar-refractivity contribution in [2.24, 2.45) is 5.92 Å². The number of aromatic hydroxyl groups is 1. The van der Waals surface area contributed by atoms with Crippen molar-refractivity contribution in [2.45, 2.75) is 91.5 Å². The number of hydrogen-bond donors (Lipinski definition) is 4. The molecule has 0 aromatic heterocycles. The van der Waals surface area contributed by atoms with E-state index in [2.05, 4.69) is 10.6 Å². The van der Waals surface area contributed by atoms with Gasteiger partial charge in [-0.2, -0.15) is 0 Å². The van der Waals surface area contributed by atoms with Crippen molar-refractivity contribution in [3.63, 3.8) is 0 Å². The molecule has 4 atom stereocenters. The van der Waals surface area contributed by atoms with Gasteiger partial charge in [0, 0.05) is 12.0 Å². The number of fused-ring (bicyclic) bond motifs is 1. The highest BCUT2D eigenvalue weighted by molar-refractivity contribution is 5.92. The number of halogens is 1. The van der Waals surface area contributed by atoms with E-state index in [0.29, 0.717) is 30.6 Å². The van der Waals surface area contributed by atoms with Crippen molar-refractivity contribution in [1.82, 2.24) is 10.6 Å². The molecule has 8 heteroatoms. The average Bonchev–Trinajstić information content (AvgIpc) is 2.76. The van der Waals surface area contributed by atoms with E-state index >= 15 is 0 Å². The first-order chi connectivity index (χ1) is 14.9. The van der Waals surface area contributed by atoms with Crippen LogP contribution in [0, 0.1) is 26.7 Å². The summed E-state index contributed by atoms with van der Waals surface area (Å²) in [5.74, 6) is -0.277. The molecule has 2 amide bonds. The Labute approximate surface area is 189 Å². The molecule has 1 heterocycles. The highest BCUT2D eigenvalue weighted by Gasteiger charge is 2.42. The minimum absolute atomic E-state index is 0.235. The van der Waals surface area contributed by atoms with Crippen LogP contribution in [0.1, 0.15) is 62.8 Å². The molecule has 0 fully saturated rings. The van der Waals surface area contributed by atoms with E-state index in [1.165, 1.54) is 0 Å². The SMILES string of the molecule is CCC(NC(=O)C(NC(=O)C1(C)CCc2c(C)c(O)c(C)c(C)c2O1)C(C)C)C(O)CF. The van der Waals surface area contributed by atoms with Gasteiger partial charge in [-0.15, -0.1) is 0 Å². The van der Waals surface area contributed by atoms with Gasteiger partial charge < -0.3 is 25.6 Å². The Morgan fingerprint density at radius 2 is 1.78 bits per heavy atom. The molecule has 0 saturated carbocycles. The van der Waals surface area contributed by atoms with Gasteiger partial charge in [0.05, 0.1) is 6.04 Å². The van der Waals surface area contributed by atoms with Gasteiger partial charge in [0.2, 0.25) is 5.91 Å². The summed E-state index contributed by atoms with van der Waals surface area (Å²) in [7, 11) is 0. The van der Waals surface area contributed by atoms with Crippen molar-refractivity contribution >= 4 is 11.8 Å². The Morgan fingerprint density at radius 1 is 1.16 bits per heavy atom. The van der Waals surface area contributed by atoms with Crippen LogP contribution in [0.3, 0.4) is 0 Å². The summed E-state index contributed by atoms with van der Waals surface area (Å²) >= 11 is 0. The molecule has 2 rings (SSSR count). The summed E-state index contributed by atoms with van der Waals surface area (Å²) in [5, 5.41) is 25.6. The number of amides is 2. The van der Waals surface area contributed by atoms with Crippen LogP contribution < -0.4 is 15.4 Å². The lowest BCUT2D eigenvalue weighted by Crippen LogP contribution is -2.59. The summed E-state index contributed by atoms with van der Waals surface area (Å²) in [6, 6.07) is -1.60. The molecule has 0 spiro atoms. The topological polar surface area (TPSA) is 108 Å². The monoisotopic (exact) mass is 452 g/mol. The third kappa shape index (κ3) is 5.00. The van der Waals surface area contributed by atoms with Crippen LogP contribution >= 0.6 is 0 Å². The summed E-state index contributed by atoms with van der Waals surface area (Å²) in [5.41, 5.74) is 1.94. The second kappa shape index (κ2) is 10.1. The van der Waals surface area contributed by atoms with Gasteiger partial charge in [-0.3, -0.25) is 9.59 Å². The molecule has 7 nitrogen and oxygen atoms in total. The molecule has 1 aromatic carbocycles. The number of nitrogens with one attached hydrogen (secondary N) is 2. The van der Waals surface area contributed by atoms with Gasteiger partial charge in [0.25, 0.3) is 5.91 Å². The second-order valence-electron chi connectivity index (χ2n) is 9.30. The van der Waals surface area contributed by atoms with E-state index in [0.717, 1.165) is 16.7 Å². The zero-order valence-electron chi connectivity index (χ0n) is 20.1. The first-order valence-corrected chi connectivity index (χ1v) is 11.2. The fraction of sp³-hybridized carbons (Fsp3) is 0.667. The molecular formula is C24H37FN2O5. The largest absolute Gasteiger partial charge is 0.507 e. The molecule has 1 aliphatic heterocycles. The number of ether oxygens (including phenoxy) is 1. The third-order valence-corrected chi connectivity index (χ3v) is 6.63. The van der Waals surface area contributed by atoms with Gasteiger partial charge in [-0.1, -0.05) is 20.8 Å². The maximum atomic E-state index is 13.3. The van der Waals surface area contributed by atoms with Crippen LogP contribution in [0.4, 0.5) is 4.39 Å². The van der Waals surface area contributed by atoms with Crippen molar-refractivity contribution in [1.29, 1.82) is 0 Å². The lowest BCUT2D eigenvalue weighted by atomic mass is 9.86. The van der Waals surface area contributed by atoms with Crippen LogP contribution in [-0.4, -0.2) is 52.5 Å². The molecule has 4 N–H and O–H groups in total. The highest BCUT2D eigenvalue weighted by atomic mass is 19.1. The van der Waals surface area contributed by atoms with Gasteiger partial charge in [-0.25, -0.2) is 4.39 Å². The van der Waals surface area contributed by atoms with Crippen molar-refractivity contribution in [2.75, 3.05) is 6.67 Å². The first kappa shape index (κ1) is 25.9. The lowest BCUT2D eigenvalue weighted by Gasteiger charge is -2.38. The fourth-order valence-corrected chi connectivity index (χ4v) is 4.09. The molecule has 1 aliphatic rings. The quantitative estimate of drug-likeness (QED) is 0.485. The smallest absolute Gasteiger partial charge is 0.264 e. The number of rotatable bonds is 8. The maximum Gasteiger partial charge on any atom is 0.264 e. The average molecular weight is 453 g/mol. The van der Waals surface area contributed by atoms with Crippen molar-refractivity contribution < 1.29 is 28.9 Å². The van der Waals surface area contributed by atoms with Crippen molar-refractivity contribution in [3.8, 4) is 11.5 Å². The summed E-state index contributed by atoms with van der Waals surface area (Å²) in [4.78, 5) is 26.1. The summed E-state index contributed by atoms with van der Waals surface area (Å²) in [6.45, 7) is 11.6. The van der Waals surface area contributed by atoms with Gasteiger partial charge >= 0.3 is 0 Å². The first-order valence-electron chi connectivity index (χ1n) is 11.2. The number of phenolic OH excluding ortho intramolecular Hbond substituents is 1. The van der Waals surface area contributed by atoms with Crippen LogP contribution in [0.2, 0.25) is 0 Å². The standard InChI is InChI=1S/C24H37FN2O5/c1-8-17(18(28)11-25)26-22(30)19(12(2)3)27-23(31)24(7)10-9-16-15(6)20(29)13(4)14(5)21(16)32-24/h12,17-19,28-29H,8-11H2,1-7H3,(H,26,30)(H,27,31). The normalized spacial score (nSPS) is 20.7. The zero-order valence-corrected chi connectivity index (χ0v) is 20.1. The Kier molecular flexibility index (Phi) is 8.15. The second-order valence-corrected chi connectivity index (χ2v) is 9.30. The van der Waals surface area contributed by atoms with Crippen LogP contribution in [0.5, 0.6) is 11.5 Å². The number of hydrogen-bond acceptors (Lipinski definition) is 5. The van der Waals surface area contributed by atoms with E-state index in [1.54, 1.807) is 27.7 Å². The van der Waals surface area contributed by atoms with E-state index < -0.39 is 42.3 Å². The molecule has 0 bridgehead atoms. The maximum absolute atomic E-state index is 13.3. The van der Waals surface area contributed by atoms with E-state index in [4.69, 9.17) is 4.74 Å². The fourth-order valence-electron chi connectivity index (χ4n) is 4.09. The van der Waals surface area contributed by atoms with E-state index in [-0.39, 0.29) is 11.7 Å². The number of aliphatic hydroxyl groups is 1. The number of carbonyl (C=O) groups excluding carboxylic acids is 2. The molecule has 32 heavy (non-hydrogen) atoms. The summed E-state index contributed by atoms with van der Waals surface area (Å²) < 4.78 is 19.1. The molecular weight excluding hydrogens is 415 g/mol. The molecule has 0 saturated heterocycles. The number of benzene rings is 1. The number of alkyl halides is 1. The number of aliphatic hydroxyl groups excluding tert-OH is 1. The van der Waals surface area contributed by atoms with E-state index in [9.17, 15) is 24.2 Å². The molecule has 4 unspecified atom stereocenters. The Balaban J connectivity index is 2.24. The highest BCUT2D eigenvalue weighted by Crippen LogP contribution is 2.43. The number of carbonyl (C=O) groups is 2. The Bertz CT molecular complexity index is 873. The van der Waals surface area contributed by atoms with Crippen LogP contribution in [-0.2, 0) is 16.0 Å². The number of phenols is 1. The van der Waals surface area contributed by atoms with E-state index in [1.807, 2.05) is 20.8 Å². The minimum Gasteiger partial charge on any atom is -0.507 e. The molecule has 180 valence electrons. The minimum atomic E-state index is -1.30. The van der Waals surface area contributed by atoms with Crippen molar-refractivity contribution in [3.05, 3.63) is 22.3 Å². The Hall–Kier alpha value is -2.35. The van der Waals surface area contributed by atoms with Crippen LogP contribution in [0.15, 0.2) is 0 Å². The Morgan fingerprint density at radius 3 is 2.31 bits per heavy atom. The predicted octanol–water partition coefficient (Wildman–Crippen LogP) is 2.77. The van der Waals surface area contributed by atoms with Gasteiger partial charge in [0.1, 0.15) is 30.3 Å². The lowest BCUT2D eigenvalue weighted by molar-refractivity contribution is -0.141. The van der Waals surface area contributed by atoms with Crippen LogP contribution in [0.25, 0.3) is 0 Å². The molecule has 0 radical (unpaired) electrons. The van der Waals surface area contributed by atoms with Gasteiger partial charge in [-0.05, 0) is 63.1 Å². The molecule has 0 aliphatic carbocycles. The predicted molar refractivity (Wildman–Crippen MR) is 121 cm³/mol. The third-order valence-electron chi connectivity index (χ3n) is 6.63. The summed E-state index contributed by atoms with van der Waals surface area (Å²) in [6.07, 6.45) is 0.00452. The zero-order chi connectivity index (χ0) is 24.4. The molecule has 1 aromatic rings. The van der Waals surface area contributed by atoms with Gasteiger partial charge in [0.15, 0.2) is 5.60 Å².